The Morgan fingerprint density at radius 2 is 1.75 bits per heavy atom. The van der Waals surface area contributed by atoms with Crippen LogP contribution in [-0.2, 0) is 4.79 Å². The van der Waals surface area contributed by atoms with E-state index in [9.17, 15) is 9.59 Å². The Bertz CT molecular complexity index is 761. The van der Waals surface area contributed by atoms with E-state index in [1.54, 1.807) is 0 Å². The molecule has 1 aliphatic carbocycles. The largest absolute Gasteiger partial charge is 0.368 e. The number of nitrogens with two attached hydrogens (primary N) is 1. The van der Waals surface area contributed by atoms with Crippen molar-refractivity contribution in [1.29, 1.82) is 0 Å². The Balaban J connectivity index is 1.75. The summed E-state index contributed by atoms with van der Waals surface area (Å²) in [6.07, 6.45) is 3.03. The summed E-state index contributed by atoms with van der Waals surface area (Å²) in [5.41, 5.74) is 5.66. The quantitative estimate of drug-likeness (QED) is 0.807. The number of amides is 3. The van der Waals surface area contributed by atoms with E-state index < -0.39 is 11.4 Å². The Labute approximate surface area is 141 Å². The van der Waals surface area contributed by atoms with Gasteiger partial charge in [-0.15, -0.1) is 0 Å². The first-order valence-electron chi connectivity index (χ1n) is 8.38. The number of carbonyl (C=O) groups excluding carboxylic acids is 2. The third-order valence-electron chi connectivity index (χ3n) is 4.92. The van der Waals surface area contributed by atoms with Gasteiger partial charge in [0.2, 0.25) is 5.91 Å². The van der Waals surface area contributed by atoms with Crippen LogP contribution in [0.4, 0.5) is 4.79 Å². The molecule has 1 aliphatic rings. The fraction of sp³-hybridized carbons (Fsp3) is 0.368. The van der Waals surface area contributed by atoms with Crippen LogP contribution in [0.15, 0.2) is 42.5 Å². The predicted molar refractivity (Wildman–Crippen MR) is 94.4 cm³/mol. The molecule has 1 fully saturated rings. The number of urea groups is 1. The summed E-state index contributed by atoms with van der Waals surface area (Å²) in [4.78, 5) is 24.2. The molecule has 3 amide bonds. The number of primary amides is 1. The van der Waals surface area contributed by atoms with E-state index >= 15 is 0 Å². The van der Waals surface area contributed by atoms with Gasteiger partial charge in [0, 0.05) is 0 Å². The number of nitrogens with one attached hydrogen (secondary N) is 2. The van der Waals surface area contributed by atoms with Crippen LogP contribution in [-0.4, -0.2) is 17.5 Å². The molecule has 0 radical (unpaired) electrons. The third kappa shape index (κ3) is 3.07. The highest BCUT2D eigenvalue weighted by Crippen LogP contribution is 2.29. The highest BCUT2D eigenvalue weighted by atomic mass is 16.2. The van der Waals surface area contributed by atoms with Crippen molar-refractivity contribution in [3.63, 3.8) is 0 Å². The summed E-state index contributed by atoms with van der Waals surface area (Å²) in [6, 6.07) is 13.6. The molecule has 1 atom stereocenters. The van der Waals surface area contributed by atoms with Crippen LogP contribution in [0, 0.1) is 0 Å². The predicted octanol–water partition coefficient (Wildman–Crippen LogP) is 3.00. The van der Waals surface area contributed by atoms with Crippen molar-refractivity contribution in [2.24, 2.45) is 5.73 Å². The Morgan fingerprint density at radius 3 is 2.46 bits per heavy atom. The molecule has 126 valence electrons. The van der Waals surface area contributed by atoms with Crippen molar-refractivity contribution in [3.8, 4) is 0 Å². The number of fused-ring (bicyclic) bond motifs is 1. The van der Waals surface area contributed by atoms with Gasteiger partial charge in [-0.05, 0) is 36.1 Å². The molecule has 2 aromatic carbocycles. The van der Waals surface area contributed by atoms with Crippen LogP contribution in [0.25, 0.3) is 10.8 Å². The Morgan fingerprint density at radius 1 is 1.08 bits per heavy atom. The van der Waals surface area contributed by atoms with Crippen molar-refractivity contribution in [1.82, 2.24) is 10.6 Å². The third-order valence-corrected chi connectivity index (χ3v) is 4.92. The zero-order chi connectivity index (χ0) is 17.2. The monoisotopic (exact) mass is 325 g/mol. The molecule has 0 spiro atoms. The molecular formula is C19H23N3O2. The molecule has 5 nitrogen and oxygen atoms in total. The van der Waals surface area contributed by atoms with Crippen LogP contribution in [0.2, 0.25) is 0 Å². The van der Waals surface area contributed by atoms with Crippen LogP contribution >= 0.6 is 0 Å². The van der Waals surface area contributed by atoms with Gasteiger partial charge >= 0.3 is 6.03 Å². The fourth-order valence-electron chi connectivity index (χ4n) is 3.57. The van der Waals surface area contributed by atoms with Crippen molar-refractivity contribution in [2.45, 2.75) is 44.2 Å². The molecule has 0 bridgehead atoms. The molecule has 0 saturated heterocycles. The van der Waals surface area contributed by atoms with Crippen molar-refractivity contribution in [2.75, 3.05) is 0 Å². The molecule has 2 aromatic rings. The lowest BCUT2D eigenvalue weighted by molar-refractivity contribution is -0.123. The summed E-state index contributed by atoms with van der Waals surface area (Å²) in [6.45, 7) is 1.94. The van der Waals surface area contributed by atoms with Gasteiger partial charge in [0.25, 0.3) is 0 Å². The van der Waals surface area contributed by atoms with Crippen LogP contribution in [0.5, 0.6) is 0 Å². The molecule has 4 N–H and O–H groups in total. The summed E-state index contributed by atoms with van der Waals surface area (Å²) < 4.78 is 0. The topological polar surface area (TPSA) is 84.2 Å². The van der Waals surface area contributed by atoms with Gasteiger partial charge in [0.15, 0.2) is 0 Å². The van der Waals surface area contributed by atoms with Gasteiger partial charge < -0.3 is 16.4 Å². The van der Waals surface area contributed by atoms with Gasteiger partial charge in [-0.3, -0.25) is 4.79 Å². The molecule has 3 rings (SSSR count). The molecule has 0 aliphatic heterocycles. The maximum atomic E-state index is 12.4. The molecule has 0 unspecified atom stereocenters. The highest BCUT2D eigenvalue weighted by Gasteiger charge is 2.41. The first-order chi connectivity index (χ1) is 11.5. The van der Waals surface area contributed by atoms with Gasteiger partial charge in [-0.25, -0.2) is 4.79 Å². The second kappa shape index (κ2) is 6.51. The summed E-state index contributed by atoms with van der Waals surface area (Å²) in [5.74, 6) is -0.451. The molecule has 1 saturated carbocycles. The molecule has 5 heteroatoms. The average molecular weight is 325 g/mol. The summed E-state index contributed by atoms with van der Waals surface area (Å²) >= 11 is 0. The highest BCUT2D eigenvalue weighted by molar-refractivity contribution is 5.91. The van der Waals surface area contributed by atoms with Crippen LogP contribution < -0.4 is 16.4 Å². The summed E-state index contributed by atoms with van der Waals surface area (Å²) in [5, 5.41) is 8.00. The minimum atomic E-state index is -0.900. The fourth-order valence-corrected chi connectivity index (χ4v) is 3.57. The number of rotatable bonds is 4. The lowest BCUT2D eigenvalue weighted by Crippen LogP contribution is -2.58. The van der Waals surface area contributed by atoms with E-state index in [0.29, 0.717) is 12.8 Å². The minimum Gasteiger partial charge on any atom is -0.368 e. The van der Waals surface area contributed by atoms with E-state index in [-0.39, 0.29) is 12.1 Å². The van der Waals surface area contributed by atoms with E-state index in [4.69, 9.17) is 5.73 Å². The van der Waals surface area contributed by atoms with Crippen LogP contribution in [0.3, 0.4) is 0 Å². The zero-order valence-electron chi connectivity index (χ0n) is 13.8. The second-order valence-electron chi connectivity index (χ2n) is 6.54. The van der Waals surface area contributed by atoms with Gasteiger partial charge in [-0.2, -0.15) is 0 Å². The Kier molecular flexibility index (Phi) is 4.42. The van der Waals surface area contributed by atoms with E-state index in [1.807, 2.05) is 49.4 Å². The van der Waals surface area contributed by atoms with Crippen molar-refractivity contribution < 1.29 is 9.59 Å². The normalized spacial score (nSPS) is 17.4. The molecule has 24 heavy (non-hydrogen) atoms. The summed E-state index contributed by atoms with van der Waals surface area (Å²) in [7, 11) is 0. The molecule has 0 heterocycles. The number of benzene rings is 2. The van der Waals surface area contributed by atoms with Gasteiger partial charge in [0.1, 0.15) is 5.54 Å². The minimum absolute atomic E-state index is 0.178. The number of hydrogen-bond acceptors (Lipinski definition) is 2. The molecular weight excluding hydrogens is 302 g/mol. The van der Waals surface area contributed by atoms with Gasteiger partial charge in [-0.1, -0.05) is 55.3 Å². The van der Waals surface area contributed by atoms with Crippen LogP contribution in [0.1, 0.15) is 44.2 Å². The SMILES string of the molecule is C[C@H](NC(=O)NC1(C(N)=O)CCCC1)c1cccc2ccccc12. The maximum absolute atomic E-state index is 12.4. The maximum Gasteiger partial charge on any atom is 0.316 e. The van der Waals surface area contributed by atoms with E-state index in [1.165, 1.54) is 0 Å². The number of hydrogen-bond donors (Lipinski definition) is 3. The first kappa shape index (κ1) is 16.3. The average Bonchev–Trinajstić information content (AvgIpc) is 3.04. The lowest BCUT2D eigenvalue weighted by Gasteiger charge is -2.28. The smallest absolute Gasteiger partial charge is 0.316 e. The standard InChI is InChI=1S/C19H23N3O2/c1-13(15-10-6-8-14-7-2-3-9-16(14)15)21-18(24)22-19(17(20)23)11-4-5-12-19/h2-3,6-10,13H,4-5,11-12H2,1H3,(H2,20,23)(H2,21,22,24)/t13-/m0/s1. The molecule has 0 aromatic heterocycles. The zero-order valence-corrected chi connectivity index (χ0v) is 13.8. The number of carbonyl (C=O) groups is 2. The van der Waals surface area contributed by atoms with E-state index in [2.05, 4.69) is 10.6 Å². The Hall–Kier alpha value is -2.56. The van der Waals surface area contributed by atoms with Gasteiger partial charge in [0.05, 0.1) is 6.04 Å². The lowest BCUT2D eigenvalue weighted by atomic mass is 9.97. The second-order valence-corrected chi connectivity index (χ2v) is 6.54. The first-order valence-corrected chi connectivity index (χ1v) is 8.38. The van der Waals surface area contributed by atoms with Crippen molar-refractivity contribution >= 4 is 22.7 Å². The van der Waals surface area contributed by atoms with Crippen molar-refractivity contribution in [3.05, 3.63) is 48.0 Å². The van der Waals surface area contributed by atoms with E-state index in [0.717, 1.165) is 29.2 Å².